The number of nitrogens with zero attached hydrogens (tertiary/aromatic N) is 3. The monoisotopic (exact) mass is 412 g/mol. The molecule has 0 amide bonds. The number of likely N-dealkylation sites (tertiary alicyclic amines) is 1. The van der Waals surface area contributed by atoms with Gasteiger partial charge in [-0.1, -0.05) is 46.3 Å². The molecule has 1 atom stereocenters. The van der Waals surface area contributed by atoms with Crippen LogP contribution in [0.15, 0.2) is 59.3 Å². The summed E-state index contributed by atoms with van der Waals surface area (Å²) in [6.45, 7) is 5.47. The third kappa shape index (κ3) is 4.00. The van der Waals surface area contributed by atoms with Crippen LogP contribution in [0.4, 0.5) is 0 Å². The molecule has 1 aliphatic heterocycles. The molecule has 1 unspecified atom stereocenters. The summed E-state index contributed by atoms with van der Waals surface area (Å²) in [7, 11) is 0. The maximum absolute atomic E-state index is 4.55. The highest BCUT2D eigenvalue weighted by Crippen LogP contribution is 2.26. The molecule has 0 saturated carbocycles. The van der Waals surface area contributed by atoms with E-state index in [0.717, 1.165) is 29.6 Å². The van der Waals surface area contributed by atoms with Gasteiger partial charge >= 0.3 is 0 Å². The van der Waals surface area contributed by atoms with Crippen LogP contribution in [0.5, 0.6) is 0 Å². The van der Waals surface area contributed by atoms with E-state index in [-0.39, 0.29) is 6.04 Å². The van der Waals surface area contributed by atoms with Gasteiger partial charge in [0.1, 0.15) is 0 Å². The van der Waals surface area contributed by atoms with Crippen LogP contribution in [-0.2, 0) is 6.54 Å². The van der Waals surface area contributed by atoms with Gasteiger partial charge < -0.3 is 14.8 Å². The summed E-state index contributed by atoms with van der Waals surface area (Å²) in [5.74, 6) is 0. The fraction of sp³-hybridized carbons (Fsp3) is 0.381. The van der Waals surface area contributed by atoms with E-state index < -0.39 is 0 Å². The number of halogens is 1. The molecule has 0 bridgehead atoms. The van der Waals surface area contributed by atoms with Crippen molar-refractivity contribution in [2.75, 3.05) is 26.2 Å². The van der Waals surface area contributed by atoms with Crippen molar-refractivity contribution in [3.05, 3.63) is 64.9 Å². The Kier molecular flexibility index (Phi) is 5.68. The SMILES string of the molecule is Brc1ccccc1C(Cn1cnc2ccccc21)NCCN1CCCC1. The minimum atomic E-state index is 0.241. The molecule has 136 valence electrons. The van der Waals surface area contributed by atoms with Gasteiger partial charge in [-0.2, -0.15) is 0 Å². The van der Waals surface area contributed by atoms with Gasteiger partial charge in [0.2, 0.25) is 0 Å². The Balaban J connectivity index is 1.52. The van der Waals surface area contributed by atoms with Gasteiger partial charge in [-0.15, -0.1) is 0 Å². The third-order valence-corrected chi connectivity index (χ3v) is 5.93. The van der Waals surface area contributed by atoms with E-state index in [1.807, 2.05) is 12.4 Å². The predicted molar refractivity (Wildman–Crippen MR) is 110 cm³/mol. The number of aromatic nitrogens is 2. The van der Waals surface area contributed by atoms with E-state index in [1.54, 1.807) is 0 Å². The summed E-state index contributed by atoms with van der Waals surface area (Å²) in [6, 6.07) is 17.1. The van der Waals surface area contributed by atoms with Gasteiger partial charge in [0.15, 0.2) is 0 Å². The number of rotatable bonds is 7. The molecule has 1 N–H and O–H groups in total. The third-order valence-electron chi connectivity index (χ3n) is 5.20. The molecule has 1 aromatic heterocycles. The summed E-state index contributed by atoms with van der Waals surface area (Å²) in [4.78, 5) is 7.10. The molecule has 1 fully saturated rings. The summed E-state index contributed by atoms with van der Waals surface area (Å²) in [5, 5.41) is 3.79. The van der Waals surface area contributed by atoms with Crippen molar-refractivity contribution < 1.29 is 0 Å². The lowest BCUT2D eigenvalue weighted by Gasteiger charge is -2.23. The number of fused-ring (bicyclic) bond motifs is 1. The van der Waals surface area contributed by atoms with Crippen LogP contribution in [0.1, 0.15) is 24.4 Å². The topological polar surface area (TPSA) is 33.1 Å². The highest BCUT2D eigenvalue weighted by atomic mass is 79.9. The van der Waals surface area contributed by atoms with Crippen molar-refractivity contribution in [3.63, 3.8) is 0 Å². The maximum Gasteiger partial charge on any atom is 0.0958 e. The van der Waals surface area contributed by atoms with Crippen LogP contribution in [-0.4, -0.2) is 40.6 Å². The molecule has 4 nitrogen and oxygen atoms in total. The normalized spacial score (nSPS) is 16.3. The van der Waals surface area contributed by atoms with Gasteiger partial charge in [0.05, 0.1) is 23.4 Å². The Hall–Kier alpha value is -1.69. The number of nitrogens with one attached hydrogen (secondary N) is 1. The molecule has 1 saturated heterocycles. The van der Waals surface area contributed by atoms with Crippen LogP contribution in [0.3, 0.4) is 0 Å². The second kappa shape index (κ2) is 8.33. The van der Waals surface area contributed by atoms with E-state index in [0.29, 0.717) is 0 Å². The minimum Gasteiger partial charge on any atom is -0.329 e. The lowest BCUT2D eigenvalue weighted by molar-refractivity contribution is 0.322. The van der Waals surface area contributed by atoms with Gasteiger partial charge in [-0.3, -0.25) is 0 Å². The molecular weight excluding hydrogens is 388 g/mol. The van der Waals surface area contributed by atoms with Crippen molar-refractivity contribution in [1.82, 2.24) is 19.8 Å². The fourth-order valence-electron chi connectivity index (χ4n) is 3.79. The molecule has 2 aromatic carbocycles. The first-order valence-corrected chi connectivity index (χ1v) is 10.2. The Morgan fingerprint density at radius 3 is 2.65 bits per heavy atom. The van der Waals surface area contributed by atoms with Crippen molar-refractivity contribution in [3.8, 4) is 0 Å². The molecule has 1 aliphatic rings. The molecule has 4 rings (SSSR count). The van der Waals surface area contributed by atoms with E-state index in [9.17, 15) is 0 Å². The lowest BCUT2D eigenvalue weighted by Crippen LogP contribution is -2.34. The summed E-state index contributed by atoms with van der Waals surface area (Å²) < 4.78 is 3.41. The second-order valence-electron chi connectivity index (χ2n) is 6.96. The Labute approximate surface area is 163 Å². The molecular formula is C21H25BrN4. The largest absolute Gasteiger partial charge is 0.329 e. The van der Waals surface area contributed by atoms with E-state index >= 15 is 0 Å². The van der Waals surface area contributed by atoms with E-state index in [2.05, 4.69) is 78.2 Å². The zero-order valence-electron chi connectivity index (χ0n) is 14.9. The van der Waals surface area contributed by atoms with Gasteiger partial charge in [0.25, 0.3) is 0 Å². The Morgan fingerprint density at radius 2 is 1.81 bits per heavy atom. The van der Waals surface area contributed by atoms with Crippen LogP contribution in [0.2, 0.25) is 0 Å². The van der Waals surface area contributed by atoms with Crippen LogP contribution in [0.25, 0.3) is 11.0 Å². The second-order valence-corrected chi connectivity index (χ2v) is 7.82. The van der Waals surface area contributed by atoms with Crippen LogP contribution in [0, 0.1) is 0 Å². The first kappa shape index (κ1) is 17.7. The van der Waals surface area contributed by atoms with Gasteiger partial charge in [-0.25, -0.2) is 4.98 Å². The Bertz CT molecular complexity index is 854. The number of imidazole rings is 1. The number of hydrogen-bond acceptors (Lipinski definition) is 3. The van der Waals surface area contributed by atoms with E-state index in [1.165, 1.54) is 37.0 Å². The summed E-state index contributed by atoms with van der Waals surface area (Å²) in [5.41, 5.74) is 3.54. The summed E-state index contributed by atoms with van der Waals surface area (Å²) >= 11 is 3.73. The first-order valence-electron chi connectivity index (χ1n) is 9.41. The standard InChI is InChI=1S/C21H25BrN4/c22-18-8-2-1-7-17(18)20(23-11-14-25-12-5-6-13-25)15-26-16-24-19-9-3-4-10-21(19)26/h1-4,7-10,16,20,23H,5-6,11-15H2. The first-order chi connectivity index (χ1) is 12.8. The molecule has 2 heterocycles. The summed E-state index contributed by atoms with van der Waals surface area (Å²) in [6.07, 6.45) is 4.64. The minimum absolute atomic E-state index is 0.241. The lowest BCUT2D eigenvalue weighted by atomic mass is 10.1. The zero-order valence-corrected chi connectivity index (χ0v) is 16.5. The highest BCUT2D eigenvalue weighted by molar-refractivity contribution is 9.10. The van der Waals surface area contributed by atoms with E-state index in [4.69, 9.17) is 0 Å². The molecule has 26 heavy (non-hydrogen) atoms. The van der Waals surface area contributed by atoms with Crippen LogP contribution >= 0.6 is 15.9 Å². The zero-order chi connectivity index (χ0) is 17.8. The number of hydrogen-bond donors (Lipinski definition) is 1. The predicted octanol–water partition coefficient (Wildman–Crippen LogP) is 4.23. The maximum atomic E-state index is 4.55. The fourth-order valence-corrected chi connectivity index (χ4v) is 4.35. The highest BCUT2D eigenvalue weighted by Gasteiger charge is 2.17. The van der Waals surface area contributed by atoms with Crippen molar-refractivity contribution in [2.45, 2.75) is 25.4 Å². The molecule has 5 heteroatoms. The average Bonchev–Trinajstić information content (AvgIpc) is 3.32. The Morgan fingerprint density at radius 1 is 1.04 bits per heavy atom. The average molecular weight is 413 g/mol. The van der Waals surface area contributed by atoms with Crippen molar-refractivity contribution in [2.24, 2.45) is 0 Å². The number of para-hydroxylation sites is 2. The molecule has 3 aromatic rings. The molecule has 0 aliphatic carbocycles. The van der Waals surface area contributed by atoms with Gasteiger partial charge in [-0.05, 0) is 49.7 Å². The van der Waals surface area contributed by atoms with Crippen molar-refractivity contribution in [1.29, 1.82) is 0 Å². The smallest absolute Gasteiger partial charge is 0.0958 e. The molecule has 0 radical (unpaired) electrons. The number of benzene rings is 2. The molecule has 0 spiro atoms. The van der Waals surface area contributed by atoms with Gasteiger partial charge in [0, 0.05) is 24.1 Å². The quantitative estimate of drug-likeness (QED) is 0.630. The van der Waals surface area contributed by atoms with Crippen molar-refractivity contribution >= 4 is 27.0 Å². The van der Waals surface area contributed by atoms with Crippen LogP contribution < -0.4 is 5.32 Å².